The van der Waals surface area contributed by atoms with Crippen molar-refractivity contribution in [3.05, 3.63) is 551 Å². The zero-order chi connectivity index (χ0) is 97.1. The van der Waals surface area contributed by atoms with Gasteiger partial charge in [0.05, 0.1) is 28.9 Å². The standard InChI is InChI=1S/C30H24OP2.C17H20NP.C16H11N2.C14H12N.C13H9N4.C11H8N.C10H11BN2.C6H6.C5H8O2.3Cu.Pt/c1-4-14-24(15-5-1)32-29-22-12-10-20-27(29)31-28-21-11-13-23-30(28)33(25-16-6-2-7-17-25)26-18-8-3-9-19-26;1-13(2)12-19-17-11-7-6-10-16(17)18-15-9-5-4-8-14(15)3;1-2-7-14-13(6-1)17-9-8-11-4-3-5-12-10-18(14)16(17)15(11)12;1-11-7-3-5-9-13(11)15-14-10-6-4-8-12(14)2;1-2-6-10(7-3-1)12-15-13(17-16-12)11-8-4-5-9-14-11;1-2-6-10(7-3-1)11-8-4-5-9-12-11;1-4-8-13-9-12-7-3-2-6-11-10(13)5-1;1-2-4-6-5-3-1;1-4(6)3-5(2)7;;;;/h1-23,32H;4-11,13,19H,3,12H2,1-2H3;1-9H,10H2;3-10H,1-2H2;1-9H;1-6,8-9H;1-8,12H,9H2;1-6H;3,6H,1-2H3;;;;/q;-2;+1;-3;2*-1;+1;;;;;+1;/p+1/b;;;;;;6-2-,7-3-;;4-3-;;;;. The molecule has 0 spiro atoms. The van der Waals surface area contributed by atoms with Gasteiger partial charge in [-0.05, 0) is 150 Å². The van der Waals surface area contributed by atoms with Gasteiger partial charge in [-0.3, -0.25) is 31.9 Å². The summed E-state index contributed by atoms with van der Waals surface area (Å²) in [5.41, 5.74) is 17.0. The molecule has 20 aromatic rings. The summed E-state index contributed by atoms with van der Waals surface area (Å²) in [6, 6.07) is 149. The third-order valence-electron chi connectivity index (χ3n) is 21.6. The molecule has 14 aromatic carbocycles. The quantitative estimate of drug-likeness (QED) is 0.0212. The average Bonchev–Trinajstić information content (AvgIpc) is 1.55. The zero-order valence-electron chi connectivity index (χ0n) is 80.0. The maximum atomic E-state index is 10.0. The van der Waals surface area contributed by atoms with Crippen LogP contribution in [0, 0.1) is 32.8 Å². The van der Waals surface area contributed by atoms with Crippen molar-refractivity contribution in [2.45, 2.75) is 40.9 Å². The van der Waals surface area contributed by atoms with Crippen LogP contribution in [0.2, 0.25) is 0 Å². The summed E-state index contributed by atoms with van der Waals surface area (Å²) in [6.07, 6.45) is 16.1. The predicted molar refractivity (Wildman–Crippen MR) is 590 cm³/mol. The number of fused-ring (bicyclic) bond motifs is 4. The Morgan fingerprint density at radius 2 is 1.08 bits per heavy atom. The summed E-state index contributed by atoms with van der Waals surface area (Å²) < 4.78 is 13.6. The van der Waals surface area contributed by atoms with Gasteiger partial charge in [0.15, 0.2) is 28.8 Å². The summed E-state index contributed by atoms with van der Waals surface area (Å²) in [4.78, 5) is 22.8. The van der Waals surface area contributed by atoms with Crippen molar-refractivity contribution >= 4 is 126 Å². The summed E-state index contributed by atoms with van der Waals surface area (Å²) in [7, 11) is 2.24. The number of imidazole rings is 1. The summed E-state index contributed by atoms with van der Waals surface area (Å²) in [6.45, 7) is 21.1. The minimum Gasteiger partial charge on any atom is -0.774 e. The molecule has 2 aliphatic rings. The van der Waals surface area contributed by atoms with Crippen molar-refractivity contribution in [2.24, 2.45) is 5.92 Å². The molecular formula is C122H110BCu3N11O3P3Pt-3. The van der Waals surface area contributed by atoms with E-state index in [1.807, 2.05) is 243 Å². The maximum absolute atomic E-state index is 10.0. The topological polar surface area (TPSA) is 165 Å². The van der Waals surface area contributed by atoms with E-state index in [1.165, 1.54) is 96.5 Å². The molecule has 22 heteroatoms. The minimum atomic E-state index is -1.22. The summed E-state index contributed by atoms with van der Waals surface area (Å²) in [5, 5.41) is 39.5. The molecule has 0 aliphatic carbocycles. The largest absolute Gasteiger partial charge is 1.00 e. The van der Waals surface area contributed by atoms with E-state index in [2.05, 4.69) is 322 Å². The number of nitrogens with zero attached hydrogens (tertiary/aromatic N) is 10. The molecular weight excluding hydrogens is 2160 g/mol. The Morgan fingerprint density at radius 3 is 1.66 bits per heavy atom. The van der Waals surface area contributed by atoms with Crippen molar-refractivity contribution < 1.29 is 96.0 Å². The first-order valence-corrected chi connectivity index (χ1v) is 49.9. The normalized spacial score (nSPS) is 11.4. The van der Waals surface area contributed by atoms with E-state index in [9.17, 15) is 4.79 Å². The van der Waals surface area contributed by atoms with E-state index < -0.39 is 7.92 Å². The van der Waals surface area contributed by atoms with Gasteiger partial charge < -0.3 is 40.9 Å². The number of ketones is 1. The molecule has 3 radical (unpaired) electrons. The first kappa shape index (κ1) is 112. The molecule has 14 nitrogen and oxygen atoms in total. The fourth-order valence-corrected chi connectivity index (χ4v) is 19.9. The molecule has 0 saturated carbocycles. The minimum absolute atomic E-state index is 0. The third kappa shape index (κ3) is 33.8. The van der Waals surface area contributed by atoms with Crippen LogP contribution in [0.1, 0.15) is 49.9 Å². The molecule has 735 valence electrons. The number of hydrogen-bond acceptors (Lipinski definition) is 8. The Kier molecular flexibility index (Phi) is 47.0. The molecule has 0 amide bonds. The van der Waals surface area contributed by atoms with Crippen LogP contribution >= 0.6 is 25.1 Å². The number of benzene rings is 14. The number of pyridine rings is 4. The third-order valence-corrected chi connectivity index (χ3v) is 27.5. The Bertz CT molecular complexity index is 7160. The first-order chi connectivity index (χ1) is 68.7. The van der Waals surface area contributed by atoms with Gasteiger partial charge in [-0.1, -0.05) is 298 Å². The van der Waals surface area contributed by atoms with E-state index in [-0.39, 0.29) is 83.8 Å². The molecule has 0 bridgehead atoms. The van der Waals surface area contributed by atoms with Crippen molar-refractivity contribution in [3.8, 4) is 45.7 Å². The number of nitrogens with one attached hydrogen (secondary N) is 1. The molecule has 22 rings (SSSR count). The number of ether oxygens (including phenoxy) is 1. The number of carbonyl (C=O) groups is 1. The average molecular weight is 2270 g/mol. The molecule has 6 aromatic heterocycles. The van der Waals surface area contributed by atoms with Crippen LogP contribution in [0.5, 0.6) is 11.5 Å². The number of hydrogen-bond donors (Lipinski definition) is 2. The predicted octanol–water partition coefficient (Wildman–Crippen LogP) is 25.4. The molecule has 0 fully saturated rings. The Balaban J connectivity index is 0.000000172. The molecule has 8 heterocycles. The van der Waals surface area contributed by atoms with Crippen LogP contribution < -0.4 is 61.7 Å². The number of para-hydroxylation sites is 8. The van der Waals surface area contributed by atoms with Crippen LogP contribution in [0.3, 0.4) is 0 Å². The van der Waals surface area contributed by atoms with Crippen LogP contribution in [0.25, 0.3) is 72.3 Å². The second kappa shape index (κ2) is 60.4. The van der Waals surface area contributed by atoms with Crippen LogP contribution in [-0.2, 0) is 90.3 Å². The second-order valence-corrected chi connectivity index (χ2v) is 37.6. The van der Waals surface area contributed by atoms with Gasteiger partial charge >= 0.3 is 17.1 Å². The number of carbonyl (C=O) groups excluding carboxylic acids is 1. The smallest absolute Gasteiger partial charge is 0.774 e. The van der Waals surface area contributed by atoms with E-state index in [1.54, 1.807) is 12.4 Å². The molecule has 144 heavy (non-hydrogen) atoms. The fraction of sp³-hybridized carbons (Fsp3) is 0.0656. The van der Waals surface area contributed by atoms with Gasteiger partial charge in [0.1, 0.15) is 41.7 Å². The van der Waals surface area contributed by atoms with Gasteiger partial charge in [0.2, 0.25) is 6.67 Å². The fourth-order valence-electron chi connectivity index (χ4n) is 15.0. The summed E-state index contributed by atoms with van der Waals surface area (Å²) >= 11 is 0. The van der Waals surface area contributed by atoms with E-state index >= 15 is 0 Å². The van der Waals surface area contributed by atoms with Gasteiger partial charge in [-0.25, -0.2) is 42.0 Å². The molecule has 2 aliphatic heterocycles. The number of allylic oxidation sites excluding steroid dienone is 4. The van der Waals surface area contributed by atoms with Gasteiger partial charge in [0, 0.05) is 96.8 Å². The van der Waals surface area contributed by atoms with Crippen molar-refractivity contribution in [1.29, 1.82) is 0 Å². The second-order valence-electron chi connectivity index (χ2n) is 32.5. The van der Waals surface area contributed by atoms with E-state index in [4.69, 9.17) is 15.2 Å². The SMILES string of the molecule is CC(=O)/C=C(/C)O.[B]1/C=C\C=C/NC[n+]2ccccc21.[CH2-]c1ccccc1[N-]c1ccccc1PCC(C)C.[CH2-]c1ccccc1[N-]c1ccccc1[CH2-].[Cu+].[Cu].[Cu].[Pt].[c-]1ccccc1-c1ccccn1.c1cc2c3c(c1)ccn1c4ccccc4[n+](c31)C2.c1ccc(-c2n[n-]c(-c3ccccn3)n2)cc1.c1ccc(Pc2ccccc2Oc2ccccc2[PH+](c2ccccc2)c2ccccc2)cc1.c1ccccc1. The Labute approximate surface area is 898 Å². The number of aliphatic hydroxyl groups is 1. The van der Waals surface area contributed by atoms with Gasteiger partial charge in [-0.15, -0.1) is 84.0 Å². The van der Waals surface area contributed by atoms with Crippen molar-refractivity contribution in [3.63, 3.8) is 0 Å². The van der Waals surface area contributed by atoms with Gasteiger partial charge in [-0.2, -0.15) is 27.2 Å². The summed E-state index contributed by atoms with van der Waals surface area (Å²) in [5.74, 6) is 5.75. The molecule has 2 atom stereocenters. The monoisotopic (exact) mass is 2260 g/mol. The number of aromatic nitrogens is 8. The molecule has 2 unspecified atom stereocenters. The number of rotatable bonds is 18. The van der Waals surface area contributed by atoms with Crippen LogP contribution in [0.4, 0.5) is 22.7 Å². The van der Waals surface area contributed by atoms with E-state index in [0.717, 1.165) is 101 Å². The van der Waals surface area contributed by atoms with Gasteiger partial charge in [0.25, 0.3) is 12.9 Å². The van der Waals surface area contributed by atoms with Crippen molar-refractivity contribution in [2.75, 3.05) is 6.16 Å². The van der Waals surface area contributed by atoms with E-state index in [0.29, 0.717) is 20.2 Å². The first-order valence-electron chi connectivity index (χ1n) is 46.2. The van der Waals surface area contributed by atoms with Crippen LogP contribution in [-0.4, -0.2) is 48.8 Å². The van der Waals surface area contributed by atoms with Crippen molar-refractivity contribution in [1.82, 2.24) is 34.9 Å². The maximum Gasteiger partial charge on any atom is 1.00 e. The zero-order valence-corrected chi connectivity index (χ0v) is 88.1. The molecule has 0 saturated heterocycles. The number of aliphatic hydroxyl groups excluding tert-OH is 1. The Morgan fingerprint density at radius 1 is 0.556 bits per heavy atom. The molecule has 2 N–H and O–H groups in total. The Hall–Kier alpha value is -14.0. The van der Waals surface area contributed by atoms with Crippen LogP contribution in [0.15, 0.2) is 492 Å².